The number of phenols is 2. The van der Waals surface area contributed by atoms with Crippen molar-refractivity contribution < 1.29 is 163 Å². The molecule has 0 unspecified atom stereocenters. The summed E-state index contributed by atoms with van der Waals surface area (Å²) in [4.78, 5) is 35.1. The van der Waals surface area contributed by atoms with Crippen molar-refractivity contribution in [2.24, 2.45) is 0 Å². The van der Waals surface area contributed by atoms with Crippen LogP contribution in [0.4, 0.5) is 65.9 Å². The van der Waals surface area contributed by atoms with Crippen molar-refractivity contribution in [3.05, 3.63) is 319 Å². The normalized spacial score (nSPS) is 11.1. The van der Waals surface area contributed by atoms with Crippen LogP contribution in [0.2, 0.25) is 25.1 Å². The van der Waals surface area contributed by atoms with E-state index in [0.717, 1.165) is 23.3 Å². The number of carboxylic acid groups (broad SMARTS) is 2. The Morgan fingerprint density at radius 2 is 0.671 bits per heavy atom. The smallest absolute Gasteiger partial charge is 0.508 e. The van der Waals surface area contributed by atoms with Crippen LogP contribution in [-0.4, -0.2) is 154 Å². The van der Waals surface area contributed by atoms with E-state index in [2.05, 4.69) is 75.6 Å². The molecule has 748 valence electrons. The van der Waals surface area contributed by atoms with Gasteiger partial charge in [-0.2, -0.15) is 0 Å². The van der Waals surface area contributed by atoms with Gasteiger partial charge in [0, 0.05) is 4.47 Å². The van der Waals surface area contributed by atoms with E-state index >= 15 is 0 Å². The zero-order valence-corrected chi connectivity index (χ0v) is 77.8. The molecule has 0 amide bonds. The third-order valence-electron chi connectivity index (χ3n) is 18.1. The Morgan fingerprint density at radius 1 is 0.378 bits per heavy atom. The number of H-pyrrole nitrogens is 1. The van der Waals surface area contributed by atoms with Gasteiger partial charge in [0.15, 0.2) is 0 Å². The summed E-state index contributed by atoms with van der Waals surface area (Å²) in [5, 5.41) is 77.5. The molecule has 0 radical (unpaired) electrons. The van der Waals surface area contributed by atoms with Crippen LogP contribution in [0.5, 0.6) is 86.6 Å². The quantitative estimate of drug-likeness (QED) is 0.0150. The number of nitrogens with one attached hydrogen (secondary N) is 1. The highest BCUT2D eigenvalue weighted by molar-refractivity contribution is 9.10. The number of halogens is 21. The van der Waals surface area contributed by atoms with Crippen LogP contribution in [0.25, 0.3) is 44.5 Å². The summed E-state index contributed by atoms with van der Waals surface area (Å²) in [6.07, 6.45) is -24.1. The lowest BCUT2D eigenvalue weighted by molar-refractivity contribution is -0.275. The fourth-order valence-corrected chi connectivity index (χ4v) is 12.8. The molecule has 143 heavy (non-hydrogen) atoms. The topological polar surface area (TPSA) is 377 Å². The summed E-state index contributed by atoms with van der Waals surface area (Å²) >= 11 is 31.5. The predicted octanol–water partition coefficient (Wildman–Crippen LogP) is 24.8. The van der Waals surface area contributed by atoms with Gasteiger partial charge in [-0.05, 0) is 220 Å². The van der Waals surface area contributed by atoms with E-state index in [-0.39, 0.29) is 103 Å². The number of aromatic carboxylic acids is 2. The van der Waals surface area contributed by atoms with Gasteiger partial charge in [-0.25, -0.2) is 28.8 Å². The average Bonchev–Trinajstić information content (AvgIpc) is 1.74. The number of carboxylic acids is 2. The van der Waals surface area contributed by atoms with E-state index in [1.807, 2.05) is 12.1 Å². The molecule has 0 aliphatic carbocycles. The van der Waals surface area contributed by atoms with Crippen LogP contribution in [0, 0.1) is 0 Å². The molecule has 51 heteroatoms. The Morgan fingerprint density at radius 3 is 0.986 bits per heavy atom. The molecule has 15 rings (SSSR count). The van der Waals surface area contributed by atoms with Crippen molar-refractivity contribution in [2.45, 2.75) is 51.8 Å². The number of carbonyl (C=O) groups excluding carboxylic acids is 1. The Balaban J connectivity index is 0.000000185. The monoisotopic (exact) mass is 2170 g/mol. The summed E-state index contributed by atoms with van der Waals surface area (Å²) in [6, 6.07) is 65.0. The molecule has 29 nitrogen and oxygen atoms in total. The number of ether oxygens (including phenoxy) is 11. The number of nitrogens with zero attached hydrogens (tertiary/aromatic N) is 8. The Hall–Kier alpha value is -15.1. The number of carbonyl (C=O) groups is 3. The van der Waals surface area contributed by atoms with E-state index < -0.39 is 85.6 Å². The first-order chi connectivity index (χ1) is 67.4. The molecule has 7 N–H and O–H groups in total. The molecule has 0 atom stereocenters. The maximum atomic E-state index is 12.7. The fourth-order valence-electron chi connectivity index (χ4n) is 11.7. The lowest BCUT2D eigenvalue weighted by Crippen LogP contribution is -2.29. The molecule has 0 saturated heterocycles. The zero-order valence-electron chi connectivity index (χ0n) is 72.4. The fraction of sp³-hybridized carbons (Fsp3) is 0.120. The van der Waals surface area contributed by atoms with Gasteiger partial charge in [-0.1, -0.05) is 204 Å². The predicted molar refractivity (Wildman–Crippen MR) is 490 cm³/mol. The van der Waals surface area contributed by atoms with Crippen molar-refractivity contribution in [1.29, 1.82) is 0 Å². The third-order valence-corrected chi connectivity index (χ3v) is 20.2. The summed E-state index contributed by atoms with van der Waals surface area (Å²) in [5.41, 5.74) is 5.36. The van der Waals surface area contributed by atoms with Crippen molar-refractivity contribution in [3.8, 4) is 131 Å². The molecule has 0 saturated carbocycles. The Labute approximate surface area is 830 Å². The zero-order chi connectivity index (χ0) is 104. The molecule has 3 aromatic heterocycles. The molecule has 12 aromatic carbocycles. The van der Waals surface area contributed by atoms with Crippen LogP contribution in [0.15, 0.2) is 265 Å². The molecule has 3 heterocycles. The van der Waals surface area contributed by atoms with Gasteiger partial charge in [0.2, 0.25) is 17.1 Å². The number of alkyl halides is 15. The number of methoxy groups -OCH3 is 2. The van der Waals surface area contributed by atoms with Gasteiger partial charge in [-0.15, -0.1) is 76.1 Å². The molecule has 0 spiro atoms. The van der Waals surface area contributed by atoms with Crippen molar-refractivity contribution >= 4 is 104 Å². The van der Waals surface area contributed by atoms with Crippen molar-refractivity contribution in [2.75, 3.05) is 20.8 Å². The minimum absolute atomic E-state index is 0.0689. The molecular formula is C92H65BBrCl5F15N9O20. The maximum absolute atomic E-state index is 12.7. The standard InChI is InChI=1S/C26H21ClF3N3O5.C24H17ClF3N3O5.C16H9ClF3N3O4.C13H8ClF3O2.C7H3BrClF3O.C6H7BO3/c1-3-36-25(34)23-24(33(32-31-23)15-16-4-9-19(35-2)10-5-16)37-20-11-6-17(7-12-20)18-8-13-21(27)22(14-18)38-26(28,29)30;1-34-17-7-2-14(3-8-17)13-31-22(21(23(32)33)29-30-31)35-18-9-4-15(5-10-18)16-6-11-19(25)20(12-16)36-24(26,27)28;17-11-6-3-9(7-12(11)27-16(18,19)20)8-1-4-10(5-2-8)26-14-13(15(24)25)21-23-22-14;14-11-6-3-9(7-12(11)19-13(15,16)17)8-1-4-10(18)5-2-8;8-4-1-2-5(9)6(3-4)13-7(10,11)12;8-6-3-1-5(2-4-6)7(9)10/h4-14H,3,15H2,1-2H3;2-12H,13H2,1H3,(H,32,33);1-7H,(H,24,25)(H,21,22,23);1-7,18H;1-3H;1-4,8-10H. The van der Waals surface area contributed by atoms with E-state index in [1.54, 1.807) is 130 Å². The van der Waals surface area contributed by atoms with E-state index in [1.165, 1.54) is 137 Å². The van der Waals surface area contributed by atoms with E-state index in [4.69, 9.17) is 112 Å². The van der Waals surface area contributed by atoms with Crippen LogP contribution in [0.1, 0.15) is 49.5 Å². The lowest BCUT2D eigenvalue weighted by atomic mass is 9.80. The molecule has 15 aromatic rings. The van der Waals surface area contributed by atoms with E-state index in [0.29, 0.717) is 71.7 Å². The number of phenolic OH excluding ortho intramolecular Hbond substituents is 2. The van der Waals surface area contributed by atoms with E-state index in [9.17, 15) is 85.3 Å². The maximum Gasteiger partial charge on any atom is 0.573 e. The largest absolute Gasteiger partial charge is 0.573 e. The highest BCUT2D eigenvalue weighted by Crippen LogP contribution is 2.42. The second kappa shape index (κ2) is 49.4. The number of aromatic amines is 1. The van der Waals surface area contributed by atoms with Crippen molar-refractivity contribution in [3.63, 3.8) is 0 Å². The number of aromatic nitrogens is 9. The number of esters is 1. The molecule has 0 aliphatic rings. The van der Waals surface area contributed by atoms with Gasteiger partial charge in [0.1, 0.15) is 69.0 Å². The number of aromatic hydroxyl groups is 2. The van der Waals surface area contributed by atoms with Gasteiger partial charge in [-0.3, -0.25) is 0 Å². The summed E-state index contributed by atoms with van der Waals surface area (Å²) in [6.45, 7) is 2.24. The van der Waals surface area contributed by atoms with Crippen molar-refractivity contribution in [1.82, 2.24) is 45.4 Å². The van der Waals surface area contributed by atoms with Crippen LogP contribution in [-0.2, 0) is 17.8 Å². The van der Waals surface area contributed by atoms with Crippen LogP contribution in [0.3, 0.4) is 0 Å². The summed E-state index contributed by atoms with van der Waals surface area (Å²) in [5.74, 6) is -3.56. The molecular weight excluding hydrogens is 2100 g/mol. The number of hydrogen-bond acceptors (Lipinski definition) is 24. The van der Waals surface area contributed by atoms with Crippen LogP contribution >= 0.6 is 73.9 Å². The molecule has 0 fully saturated rings. The number of rotatable bonds is 26. The van der Waals surface area contributed by atoms with Gasteiger partial charge in [0.05, 0.1) is 59.0 Å². The number of benzene rings is 12. The second-order valence-corrected chi connectivity index (χ2v) is 31.1. The SMILES string of the molecule is CCOC(=O)c1nnn(Cc2ccc(OC)cc2)c1Oc1ccc(-c2ccc(Cl)c(OC(F)(F)F)c2)cc1.COc1ccc(Cn2nnc(C(=O)O)c2Oc2ccc(-c3ccc(Cl)c(OC(F)(F)F)c3)cc2)cc1.FC(F)(F)Oc1cc(Br)ccc1Cl.O=C(O)c1[nH]nnc1Oc1ccc(-c2ccc(Cl)c(OC(F)(F)F)c2)cc1.OB(O)c1ccc(O)cc1.Oc1ccc(-c2ccc(Cl)c(OC(F)(F)F)c2)cc1. The van der Waals surface area contributed by atoms with Gasteiger partial charge in [0.25, 0.3) is 17.6 Å². The Kier molecular flexibility index (Phi) is 38.0. The van der Waals surface area contributed by atoms with Gasteiger partial charge >= 0.3 is 56.8 Å². The minimum atomic E-state index is -4.88. The first-order valence-corrected chi connectivity index (χ1v) is 42.5. The average molecular weight is 2170 g/mol. The van der Waals surface area contributed by atoms with Gasteiger partial charge < -0.3 is 82.6 Å². The van der Waals surface area contributed by atoms with Crippen LogP contribution < -0.4 is 52.8 Å². The second-order valence-electron chi connectivity index (χ2n) is 28.1. The highest BCUT2D eigenvalue weighted by Gasteiger charge is 2.37. The lowest BCUT2D eigenvalue weighted by Gasteiger charge is -2.13. The Bertz CT molecular complexity index is 6810. The number of hydrogen-bond donors (Lipinski definition) is 7. The summed E-state index contributed by atoms with van der Waals surface area (Å²) in [7, 11) is 1.66. The first kappa shape index (κ1) is 110. The highest BCUT2D eigenvalue weighted by atomic mass is 79.9. The summed E-state index contributed by atoms with van der Waals surface area (Å²) < 4.78 is 240. The molecule has 0 aliphatic heterocycles. The first-order valence-electron chi connectivity index (χ1n) is 39.8. The third kappa shape index (κ3) is 34.4. The molecule has 0 bridgehead atoms. The minimum Gasteiger partial charge on any atom is -0.508 e.